The highest BCUT2D eigenvalue weighted by atomic mass is 28.3. The molecular formula is C21H31FN6O4Si. The van der Waals surface area contributed by atoms with E-state index in [4.69, 9.17) is 15.2 Å². The summed E-state index contributed by atoms with van der Waals surface area (Å²) in [6.45, 7) is 8.03. The lowest BCUT2D eigenvalue weighted by Gasteiger charge is -2.29. The van der Waals surface area contributed by atoms with Crippen molar-refractivity contribution in [3.05, 3.63) is 23.9 Å². The molecule has 1 saturated heterocycles. The van der Waals surface area contributed by atoms with Gasteiger partial charge in [-0.15, -0.1) is 5.10 Å². The second-order valence-corrected chi connectivity index (χ2v) is 14.9. The van der Waals surface area contributed by atoms with Gasteiger partial charge >= 0.3 is 0 Å². The van der Waals surface area contributed by atoms with Crippen molar-refractivity contribution in [3.8, 4) is 17.3 Å². The lowest BCUT2D eigenvalue weighted by atomic mass is 9.96. The average Bonchev–Trinajstić information content (AvgIpc) is 3.20. The molecule has 3 rings (SSSR count). The maximum Gasteiger partial charge on any atom is 0.293 e. The largest absolute Gasteiger partial charge is 0.481 e. The molecule has 2 aromatic heterocycles. The third-order valence-corrected chi connectivity index (χ3v) is 7.24. The highest BCUT2D eigenvalue weighted by Gasteiger charge is 2.29. The molecule has 1 aliphatic heterocycles. The number of hydrogen-bond acceptors (Lipinski definition) is 7. The summed E-state index contributed by atoms with van der Waals surface area (Å²) >= 11 is 0. The number of amides is 2. The summed E-state index contributed by atoms with van der Waals surface area (Å²) in [6, 6.07) is 2.36. The Labute approximate surface area is 193 Å². The maximum atomic E-state index is 14.6. The normalized spacial score (nSPS) is 15.0. The molecule has 3 heterocycles. The molecule has 0 atom stereocenters. The van der Waals surface area contributed by atoms with Crippen LogP contribution in [0, 0.1) is 11.7 Å². The van der Waals surface area contributed by atoms with Crippen LogP contribution in [0.4, 0.5) is 4.39 Å². The molecule has 12 heteroatoms. The SMILES string of the molecule is COc1cc(-c2nc(C(=O)N3CCC(C(N)=O)CC3)nn2COCC[Si](C)(C)C)c(F)cn1. The summed E-state index contributed by atoms with van der Waals surface area (Å²) < 4.78 is 26.9. The smallest absolute Gasteiger partial charge is 0.293 e. The van der Waals surface area contributed by atoms with Gasteiger partial charge in [-0.05, 0) is 18.9 Å². The first-order chi connectivity index (χ1) is 15.6. The minimum absolute atomic E-state index is 0.0217. The molecule has 33 heavy (non-hydrogen) atoms. The summed E-state index contributed by atoms with van der Waals surface area (Å²) in [5.41, 5.74) is 5.48. The fourth-order valence-corrected chi connectivity index (χ4v) is 4.22. The molecule has 0 unspecified atom stereocenters. The van der Waals surface area contributed by atoms with Crippen molar-refractivity contribution >= 4 is 19.9 Å². The van der Waals surface area contributed by atoms with E-state index in [0.29, 0.717) is 32.5 Å². The van der Waals surface area contributed by atoms with Gasteiger partial charge in [0, 0.05) is 39.8 Å². The number of carbonyl (C=O) groups excluding carboxylic acids is 2. The monoisotopic (exact) mass is 478 g/mol. The Kier molecular flexibility index (Phi) is 7.79. The minimum atomic E-state index is -1.29. The van der Waals surface area contributed by atoms with Gasteiger partial charge in [0.15, 0.2) is 11.6 Å². The average molecular weight is 479 g/mol. The lowest BCUT2D eigenvalue weighted by molar-refractivity contribution is -0.123. The number of ether oxygens (including phenoxy) is 2. The first-order valence-electron chi connectivity index (χ1n) is 10.9. The number of likely N-dealkylation sites (tertiary alicyclic amines) is 1. The van der Waals surface area contributed by atoms with E-state index in [1.165, 1.54) is 17.9 Å². The van der Waals surface area contributed by atoms with Crippen molar-refractivity contribution in [2.75, 3.05) is 26.8 Å². The Balaban J connectivity index is 1.85. The van der Waals surface area contributed by atoms with Gasteiger partial charge in [0.05, 0.1) is 18.9 Å². The Hall–Kier alpha value is -2.86. The zero-order valence-electron chi connectivity index (χ0n) is 19.5. The molecule has 1 fully saturated rings. The van der Waals surface area contributed by atoms with Gasteiger partial charge in [0.1, 0.15) is 6.73 Å². The molecule has 0 aliphatic carbocycles. The van der Waals surface area contributed by atoms with E-state index < -0.39 is 13.9 Å². The summed E-state index contributed by atoms with van der Waals surface area (Å²) in [6.07, 6.45) is 2.02. The number of halogens is 1. The number of nitrogens with two attached hydrogens (primary N) is 1. The minimum Gasteiger partial charge on any atom is -0.481 e. The second kappa shape index (κ2) is 10.4. The topological polar surface area (TPSA) is 125 Å². The number of aromatic nitrogens is 4. The van der Waals surface area contributed by atoms with Crippen molar-refractivity contribution in [2.24, 2.45) is 11.7 Å². The molecule has 2 N–H and O–H groups in total. The van der Waals surface area contributed by atoms with Crippen molar-refractivity contribution in [2.45, 2.75) is 45.3 Å². The number of rotatable bonds is 9. The molecule has 180 valence electrons. The summed E-state index contributed by atoms with van der Waals surface area (Å²) in [4.78, 5) is 34.2. The molecule has 0 saturated carbocycles. The van der Waals surface area contributed by atoms with Gasteiger partial charge in [-0.25, -0.2) is 19.0 Å². The van der Waals surface area contributed by atoms with Crippen LogP contribution in [0.1, 0.15) is 23.5 Å². The van der Waals surface area contributed by atoms with E-state index in [9.17, 15) is 14.0 Å². The third-order valence-electron chi connectivity index (χ3n) is 5.54. The second-order valence-electron chi connectivity index (χ2n) is 9.28. The number of nitrogens with zero attached hydrogens (tertiary/aromatic N) is 5. The first-order valence-corrected chi connectivity index (χ1v) is 14.6. The van der Waals surface area contributed by atoms with E-state index in [0.717, 1.165) is 12.2 Å². The fourth-order valence-electron chi connectivity index (χ4n) is 3.46. The lowest BCUT2D eigenvalue weighted by Crippen LogP contribution is -2.42. The van der Waals surface area contributed by atoms with Gasteiger partial charge in [-0.2, -0.15) is 0 Å². The predicted molar refractivity (Wildman–Crippen MR) is 122 cm³/mol. The zero-order valence-corrected chi connectivity index (χ0v) is 20.5. The van der Waals surface area contributed by atoms with Crippen molar-refractivity contribution in [1.29, 1.82) is 0 Å². The molecule has 10 nitrogen and oxygen atoms in total. The molecule has 0 radical (unpaired) electrons. The van der Waals surface area contributed by atoms with Gasteiger partial charge in [-0.1, -0.05) is 19.6 Å². The van der Waals surface area contributed by atoms with Crippen LogP contribution in [0.2, 0.25) is 25.7 Å². The number of methoxy groups -OCH3 is 1. The number of pyridine rings is 1. The number of piperidine rings is 1. The molecule has 2 aromatic rings. The molecule has 0 aromatic carbocycles. The Morgan fingerprint density at radius 1 is 1.27 bits per heavy atom. The molecule has 0 spiro atoms. The Morgan fingerprint density at radius 2 is 1.97 bits per heavy atom. The van der Waals surface area contributed by atoms with Crippen molar-refractivity contribution in [3.63, 3.8) is 0 Å². The Bertz CT molecular complexity index is 1000. The molecule has 2 amide bonds. The van der Waals surface area contributed by atoms with Crippen LogP contribution in [0.5, 0.6) is 5.88 Å². The van der Waals surface area contributed by atoms with E-state index in [-0.39, 0.29) is 47.6 Å². The summed E-state index contributed by atoms with van der Waals surface area (Å²) in [5.74, 6) is -1.31. The maximum absolute atomic E-state index is 14.6. The van der Waals surface area contributed by atoms with E-state index in [2.05, 4.69) is 34.7 Å². The fraction of sp³-hybridized carbons (Fsp3) is 0.571. The number of primary amides is 1. The predicted octanol–water partition coefficient (Wildman–Crippen LogP) is 2.14. The van der Waals surface area contributed by atoms with Crippen LogP contribution >= 0.6 is 0 Å². The highest BCUT2D eigenvalue weighted by Crippen LogP contribution is 2.25. The van der Waals surface area contributed by atoms with Gasteiger partial charge in [0.2, 0.25) is 17.6 Å². The molecular weight excluding hydrogens is 447 g/mol. The van der Waals surface area contributed by atoms with Crippen LogP contribution in [-0.4, -0.2) is 71.3 Å². The van der Waals surface area contributed by atoms with Gasteiger partial charge in [-0.3, -0.25) is 9.59 Å². The zero-order chi connectivity index (χ0) is 24.2. The van der Waals surface area contributed by atoms with Crippen LogP contribution in [0.3, 0.4) is 0 Å². The van der Waals surface area contributed by atoms with E-state index in [1.54, 1.807) is 4.90 Å². The molecule has 0 bridgehead atoms. The number of hydrogen-bond donors (Lipinski definition) is 1. The summed E-state index contributed by atoms with van der Waals surface area (Å²) in [5, 5.41) is 4.33. The van der Waals surface area contributed by atoms with Crippen molar-refractivity contribution in [1.82, 2.24) is 24.6 Å². The van der Waals surface area contributed by atoms with Crippen LogP contribution in [0.15, 0.2) is 12.3 Å². The van der Waals surface area contributed by atoms with Gasteiger partial charge in [0.25, 0.3) is 5.91 Å². The van der Waals surface area contributed by atoms with Crippen LogP contribution < -0.4 is 10.5 Å². The Morgan fingerprint density at radius 3 is 2.58 bits per heavy atom. The highest BCUT2D eigenvalue weighted by molar-refractivity contribution is 6.76. The first kappa shape index (κ1) is 24.8. The standard InChI is InChI=1S/C21H31FN6O4Si/c1-31-17-11-15(16(22)12-24-17)20-25-19(26-28(20)13-32-9-10-33(2,3)4)21(30)27-7-5-14(6-8-27)18(23)29/h11-12,14H,5-10,13H2,1-4H3,(H2,23,29). The van der Waals surface area contributed by atoms with Gasteiger partial charge < -0.3 is 20.1 Å². The van der Waals surface area contributed by atoms with Crippen LogP contribution in [0.25, 0.3) is 11.4 Å². The van der Waals surface area contributed by atoms with Crippen LogP contribution in [-0.2, 0) is 16.3 Å². The third kappa shape index (κ3) is 6.35. The van der Waals surface area contributed by atoms with E-state index >= 15 is 0 Å². The quantitative estimate of drug-likeness (QED) is 0.432. The number of carbonyl (C=O) groups is 2. The molecule has 1 aliphatic rings. The summed E-state index contributed by atoms with van der Waals surface area (Å²) in [7, 11) is 0.137. The van der Waals surface area contributed by atoms with Crippen molar-refractivity contribution < 1.29 is 23.5 Å². The van der Waals surface area contributed by atoms with E-state index in [1.807, 2.05) is 0 Å².